The molecule has 144 valence electrons. The Hall–Kier alpha value is -1.92. The molecule has 0 aromatic heterocycles. The maximum absolute atomic E-state index is 13.5. The van der Waals surface area contributed by atoms with E-state index in [0.717, 1.165) is 31.4 Å². The smallest absolute Gasteiger partial charge is 0.260 e. The Kier molecular flexibility index (Phi) is 4.74. The average Bonchev–Trinajstić information content (AvgIpc) is 3.03. The predicted molar refractivity (Wildman–Crippen MR) is 120 cm³/mol. The molecule has 2 aromatic carbocycles. The lowest BCUT2D eigenvalue weighted by Crippen LogP contribution is -2.35. The number of anilines is 2. The lowest BCUT2D eigenvalue weighted by atomic mass is 9.96. The average molecular weight is 504 g/mol. The van der Waals surface area contributed by atoms with Crippen LogP contribution in [-0.4, -0.2) is 23.9 Å². The minimum absolute atomic E-state index is 0.0132. The zero-order valence-corrected chi connectivity index (χ0v) is 19.3. The lowest BCUT2D eigenvalue weighted by molar-refractivity contribution is -0.115. The van der Waals surface area contributed by atoms with E-state index in [1.807, 2.05) is 64.1 Å². The minimum Gasteiger partial charge on any atom is -0.305 e. The second-order valence-electron chi connectivity index (χ2n) is 7.61. The molecule has 2 heterocycles. The summed E-state index contributed by atoms with van der Waals surface area (Å²) in [5.74, 6) is -0.239. The summed E-state index contributed by atoms with van der Waals surface area (Å²) in [4.78, 5) is 30.5. The third-order valence-electron chi connectivity index (χ3n) is 5.13. The Balaban J connectivity index is 2.05. The molecule has 2 aliphatic rings. The van der Waals surface area contributed by atoms with Crippen LogP contribution < -0.4 is 9.80 Å². The monoisotopic (exact) mass is 502 g/mol. The fraction of sp³-hybridized carbons (Fsp3) is 0.273. The fourth-order valence-electron chi connectivity index (χ4n) is 4.03. The van der Waals surface area contributed by atoms with Gasteiger partial charge in [-0.25, -0.2) is 0 Å². The van der Waals surface area contributed by atoms with Gasteiger partial charge in [-0.1, -0.05) is 44.0 Å². The second-order valence-corrected chi connectivity index (χ2v) is 9.44. The summed E-state index contributed by atoms with van der Waals surface area (Å²) >= 11 is 7.01. The molecule has 0 atom stereocenters. The topological polar surface area (TPSA) is 40.6 Å². The second kappa shape index (κ2) is 6.85. The third-order valence-corrected chi connectivity index (χ3v) is 6.11. The minimum atomic E-state index is -0.120. The van der Waals surface area contributed by atoms with Crippen LogP contribution in [0.25, 0.3) is 11.1 Å². The van der Waals surface area contributed by atoms with Crippen molar-refractivity contribution in [2.75, 3.05) is 9.80 Å². The SMILES string of the molecule is CC(C)N1C(=O)/C(=C2/C(=O)N(C(C)C)c3cc(Br)ccc32)c2ccc(Br)cc21. The van der Waals surface area contributed by atoms with Crippen molar-refractivity contribution in [2.45, 2.75) is 39.8 Å². The maximum atomic E-state index is 13.5. The summed E-state index contributed by atoms with van der Waals surface area (Å²) in [6.45, 7) is 7.94. The molecule has 0 fully saturated rings. The Bertz CT molecular complexity index is 973. The van der Waals surface area contributed by atoms with Crippen LogP contribution in [-0.2, 0) is 9.59 Å². The summed E-state index contributed by atoms with van der Waals surface area (Å²) in [6, 6.07) is 11.5. The first-order valence-corrected chi connectivity index (χ1v) is 10.8. The van der Waals surface area contributed by atoms with Crippen LogP contribution in [0.15, 0.2) is 45.3 Å². The molecule has 0 saturated heterocycles. The van der Waals surface area contributed by atoms with Crippen molar-refractivity contribution in [3.8, 4) is 0 Å². The van der Waals surface area contributed by atoms with Gasteiger partial charge in [0, 0.05) is 32.2 Å². The molecular formula is C22H20Br2N2O2. The molecule has 0 aliphatic carbocycles. The number of amides is 2. The zero-order chi connectivity index (χ0) is 20.3. The van der Waals surface area contributed by atoms with E-state index in [-0.39, 0.29) is 23.9 Å². The van der Waals surface area contributed by atoms with E-state index in [2.05, 4.69) is 31.9 Å². The van der Waals surface area contributed by atoms with Crippen LogP contribution in [0.5, 0.6) is 0 Å². The van der Waals surface area contributed by atoms with Crippen LogP contribution in [0.3, 0.4) is 0 Å². The molecule has 6 heteroatoms. The highest BCUT2D eigenvalue weighted by atomic mass is 79.9. The van der Waals surface area contributed by atoms with Gasteiger partial charge in [0.15, 0.2) is 0 Å². The van der Waals surface area contributed by atoms with Gasteiger partial charge in [0.25, 0.3) is 11.8 Å². The highest BCUT2D eigenvalue weighted by Gasteiger charge is 2.43. The van der Waals surface area contributed by atoms with Crippen molar-refractivity contribution >= 4 is 66.2 Å². The molecule has 2 aromatic rings. The van der Waals surface area contributed by atoms with Crippen LogP contribution in [0.1, 0.15) is 38.8 Å². The number of carbonyl (C=O) groups is 2. The van der Waals surface area contributed by atoms with Crippen LogP contribution in [0, 0.1) is 0 Å². The number of rotatable bonds is 2. The van der Waals surface area contributed by atoms with Gasteiger partial charge in [0.05, 0.1) is 22.5 Å². The summed E-state index contributed by atoms with van der Waals surface area (Å²) < 4.78 is 1.81. The van der Waals surface area contributed by atoms with Crippen molar-refractivity contribution < 1.29 is 9.59 Å². The van der Waals surface area contributed by atoms with Crippen molar-refractivity contribution in [1.29, 1.82) is 0 Å². The van der Waals surface area contributed by atoms with Gasteiger partial charge in [-0.15, -0.1) is 0 Å². The zero-order valence-electron chi connectivity index (χ0n) is 16.1. The molecule has 0 N–H and O–H groups in total. The molecule has 4 rings (SSSR count). The third kappa shape index (κ3) is 2.77. The van der Waals surface area contributed by atoms with Gasteiger partial charge in [-0.3, -0.25) is 9.59 Å². The molecule has 2 amide bonds. The first-order valence-electron chi connectivity index (χ1n) is 9.23. The van der Waals surface area contributed by atoms with Gasteiger partial charge in [0.2, 0.25) is 0 Å². The number of halogens is 2. The van der Waals surface area contributed by atoms with E-state index < -0.39 is 0 Å². The number of hydrogen-bond donors (Lipinski definition) is 0. The predicted octanol–water partition coefficient (Wildman–Crippen LogP) is 5.63. The summed E-state index contributed by atoms with van der Waals surface area (Å²) in [7, 11) is 0. The molecular weight excluding hydrogens is 484 g/mol. The number of fused-ring (bicyclic) bond motifs is 2. The van der Waals surface area contributed by atoms with E-state index in [0.29, 0.717) is 11.1 Å². The molecule has 0 bridgehead atoms. The molecule has 0 radical (unpaired) electrons. The van der Waals surface area contributed by atoms with Crippen LogP contribution in [0.4, 0.5) is 11.4 Å². The van der Waals surface area contributed by atoms with Crippen LogP contribution in [0.2, 0.25) is 0 Å². The summed E-state index contributed by atoms with van der Waals surface area (Å²) in [5.41, 5.74) is 4.29. The van der Waals surface area contributed by atoms with E-state index in [1.165, 1.54) is 0 Å². The fourth-order valence-corrected chi connectivity index (χ4v) is 4.73. The summed E-state index contributed by atoms with van der Waals surface area (Å²) in [6.07, 6.45) is 0. The Morgan fingerprint density at radius 2 is 1.04 bits per heavy atom. The molecule has 28 heavy (non-hydrogen) atoms. The molecule has 2 aliphatic heterocycles. The van der Waals surface area contributed by atoms with E-state index >= 15 is 0 Å². The molecule has 0 saturated carbocycles. The van der Waals surface area contributed by atoms with E-state index in [9.17, 15) is 9.59 Å². The first-order chi connectivity index (χ1) is 13.2. The van der Waals surface area contributed by atoms with E-state index in [1.54, 1.807) is 9.80 Å². The number of carbonyl (C=O) groups excluding carboxylic acids is 2. The standard InChI is InChI=1S/C22H20Br2N2O2/c1-11(2)25-17-9-13(23)5-7-15(17)19(21(25)27)20-16-8-6-14(24)10-18(16)26(12(3)4)22(20)28/h5-12H,1-4H3/b20-19+. The lowest BCUT2D eigenvalue weighted by Gasteiger charge is -2.22. The van der Waals surface area contributed by atoms with Crippen molar-refractivity contribution in [3.05, 3.63) is 56.5 Å². The molecule has 0 unspecified atom stereocenters. The van der Waals surface area contributed by atoms with E-state index in [4.69, 9.17) is 0 Å². The van der Waals surface area contributed by atoms with Gasteiger partial charge in [0.1, 0.15) is 0 Å². The summed E-state index contributed by atoms with van der Waals surface area (Å²) in [5, 5.41) is 0. The highest BCUT2D eigenvalue weighted by Crippen LogP contribution is 2.48. The van der Waals surface area contributed by atoms with Crippen molar-refractivity contribution in [3.63, 3.8) is 0 Å². The Labute approximate surface area is 181 Å². The maximum Gasteiger partial charge on any atom is 0.260 e. The Morgan fingerprint density at radius 1 is 0.679 bits per heavy atom. The van der Waals surface area contributed by atoms with Crippen molar-refractivity contribution in [1.82, 2.24) is 0 Å². The number of nitrogens with zero attached hydrogens (tertiary/aromatic N) is 2. The van der Waals surface area contributed by atoms with Gasteiger partial charge < -0.3 is 9.80 Å². The Morgan fingerprint density at radius 3 is 1.36 bits per heavy atom. The number of hydrogen-bond acceptors (Lipinski definition) is 2. The largest absolute Gasteiger partial charge is 0.305 e. The number of benzene rings is 2. The normalized spacial score (nSPS) is 18.6. The molecule has 4 nitrogen and oxygen atoms in total. The first kappa shape index (κ1) is 19.4. The molecule has 0 spiro atoms. The highest BCUT2D eigenvalue weighted by molar-refractivity contribution is 9.10. The quantitative estimate of drug-likeness (QED) is 0.498. The van der Waals surface area contributed by atoms with Gasteiger partial charge in [-0.05, 0) is 52.0 Å². The van der Waals surface area contributed by atoms with Gasteiger partial charge in [-0.2, -0.15) is 0 Å². The van der Waals surface area contributed by atoms with Gasteiger partial charge >= 0.3 is 0 Å². The van der Waals surface area contributed by atoms with Crippen molar-refractivity contribution in [2.24, 2.45) is 0 Å². The van der Waals surface area contributed by atoms with Crippen LogP contribution >= 0.6 is 31.9 Å².